The molecule has 1 aromatic carbocycles. The van der Waals surface area contributed by atoms with E-state index in [0.29, 0.717) is 53.0 Å². The number of hydrogen-bond acceptors (Lipinski definition) is 6. The van der Waals surface area contributed by atoms with Crippen molar-refractivity contribution in [3.05, 3.63) is 58.2 Å². The van der Waals surface area contributed by atoms with E-state index in [9.17, 15) is 19.5 Å². The highest BCUT2D eigenvalue weighted by Gasteiger charge is 2.58. The van der Waals surface area contributed by atoms with E-state index in [1.807, 2.05) is 7.05 Å². The molecule has 0 unspecified atom stereocenters. The Balaban J connectivity index is 1.58. The fraction of sp³-hybridized carbons (Fsp3) is 0.500. The van der Waals surface area contributed by atoms with E-state index < -0.39 is 29.7 Å². The van der Waals surface area contributed by atoms with Crippen molar-refractivity contribution in [2.75, 3.05) is 14.2 Å². The molecule has 2 aliphatic heterocycles. The number of ketones is 1. The minimum atomic E-state index is -1.27. The number of allylic oxidation sites excluding steroid dienone is 2. The molecule has 0 bridgehead atoms. The van der Waals surface area contributed by atoms with Gasteiger partial charge < -0.3 is 19.5 Å². The van der Waals surface area contributed by atoms with Crippen LogP contribution >= 0.6 is 0 Å². The number of carboxylic acid groups (broad SMARTS) is 1. The molecule has 1 spiro atoms. The van der Waals surface area contributed by atoms with Gasteiger partial charge in [-0.1, -0.05) is 13.8 Å². The van der Waals surface area contributed by atoms with E-state index >= 15 is 4.39 Å². The molecule has 2 aromatic rings. The van der Waals surface area contributed by atoms with Gasteiger partial charge in [0.05, 0.1) is 13.0 Å². The van der Waals surface area contributed by atoms with Crippen LogP contribution in [0.15, 0.2) is 35.6 Å². The van der Waals surface area contributed by atoms with E-state index in [2.05, 4.69) is 18.8 Å². The largest absolute Gasteiger partial charge is 0.496 e. The molecule has 6 rings (SSSR count). The molecule has 41 heavy (non-hydrogen) atoms. The number of likely N-dealkylation sites (tertiary alicyclic amines) is 1. The van der Waals surface area contributed by atoms with Crippen molar-refractivity contribution in [1.29, 1.82) is 0 Å². The lowest BCUT2D eigenvalue weighted by Gasteiger charge is -2.50. The first-order chi connectivity index (χ1) is 19.5. The number of carbonyl (C=O) groups excluding carboxylic acids is 2. The molecule has 1 amide bonds. The maximum atomic E-state index is 15.1. The number of aromatic nitrogens is 1. The number of Topliss-reactive ketones (excluding diaryl/α,β-unsaturated/α-hetero) is 1. The lowest BCUT2D eigenvalue weighted by molar-refractivity contribution is -0.154. The van der Waals surface area contributed by atoms with Crippen molar-refractivity contribution in [3.63, 3.8) is 0 Å². The number of methoxy groups -OCH3 is 1. The molecule has 2 aliphatic carbocycles. The summed E-state index contributed by atoms with van der Waals surface area (Å²) in [5.74, 6) is -2.01. The molecule has 9 heteroatoms. The van der Waals surface area contributed by atoms with Crippen molar-refractivity contribution in [3.8, 4) is 17.0 Å². The molecular formula is C32H35FN2O6. The number of carbonyl (C=O) groups is 3. The number of benzene rings is 1. The Morgan fingerprint density at radius 1 is 1.20 bits per heavy atom. The van der Waals surface area contributed by atoms with Gasteiger partial charge in [0.2, 0.25) is 5.91 Å². The number of halogens is 1. The van der Waals surface area contributed by atoms with Crippen LogP contribution in [-0.4, -0.2) is 59.0 Å². The molecule has 1 aromatic heterocycles. The Kier molecular flexibility index (Phi) is 6.47. The van der Waals surface area contributed by atoms with E-state index in [1.165, 1.54) is 7.11 Å². The Morgan fingerprint density at radius 3 is 2.56 bits per heavy atom. The summed E-state index contributed by atoms with van der Waals surface area (Å²) in [6.45, 7) is 5.97. The van der Waals surface area contributed by atoms with Crippen LogP contribution in [0.2, 0.25) is 0 Å². The minimum absolute atomic E-state index is 0.00731. The normalized spacial score (nSPS) is 26.6. The minimum Gasteiger partial charge on any atom is -0.496 e. The van der Waals surface area contributed by atoms with Gasteiger partial charge in [-0.3, -0.25) is 9.59 Å². The van der Waals surface area contributed by atoms with Gasteiger partial charge in [-0.2, -0.15) is 0 Å². The third kappa shape index (κ3) is 4.32. The number of piperidine rings is 1. The number of amides is 1. The molecule has 4 atom stereocenters. The maximum absolute atomic E-state index is 15.1. The van der Waals surface area contributed by atoms with Crippen molar-refractivity contribution >= 4 is 17.7 Å². The number of aromatic carboxylic acids is 1. The topological polar surface area (TPSA) is 106 Å². The summed E-state index contributed by atoms with van der Waals surface area (Å²) < 4.78 is 27.6. The predicted octanol–water partition coefficient (Wildman–Crippen LogP) is 5.29. The van der Waals surface area contributed by atoms with E-state index in [4.69, 9.17) is 9.47 Å². The second-order valence-electron chi connectivity index (χ2n) is 12.5. The number of carboxylic acids is 1. The van der Waals surface area contributed by atoms with Gasteiger partial charge in [-0.25, -0.2) is 14.2 Å². The highest BCUT2D eigenvalue weighted by Crippen LogP contribution is 2.61. The van der Waals surface area contributed by atoms with Crippen molar-refractivity contribution in [1.82, 2.24) is 9.88 Å². The number of fused-ring (bicyclic) bond motifs is 1. The molecule has 3 heterocycles. The highest BCUT2D eigenvalue weighted by atomic mass is 19.1. The monoisotopic (exact) mass is 562 g/mol. The molecule has 1 saturated heterocycles. The molecular weight excluding hydrogens is 527 g/mol. The number of hydrogen-bond donors (Lipinski definition) is 1. The first kappa shape index (κ1) is 27.4. The van der Waals surface area contributed by atoms with Crippen LogP contribution in [0.25, 0.3) is 11.3 Å². The second-order valence-corrected chi connectivity index (χ2v) is 12.5. The number of nitrogens with zero attached hydrogens (tertiary/aromatic N) is 2. The van der Waals surface area contributed by atoms with Gasteiger partial charge in [0.25, 0.3) is 0 Å². The van der Waals surface area contributed by atoms with Crippen LogP contribution in [0.5, 0.6) is 5.75 Å². The first-order valence-electron chi connectivity index (χ1n) is 14.2. The van der Waals surface area contributed by atoms with Crippen molar-refractivity contribution in [2.24, 2.45) is 17.3 Å². The highest BCUT2D eigenvalue weighted by molar-refractivity contribution is 6.01. The maximum Gasteiger partial charge on any atom is 0.354 e. The predicted molar refractivity (Wildman–Crippen MR) is 148 cm³/mol. The van der Waals surface area contributed by atoms with Crippen molar-refractivity contribution in [2.45, 2.75) is 70.9 Å². The van der Waals surface area contributed by atoms with Gasteiger partial charge >= 0.3 is 5.97 Å². The zero-order valence-electron chi connectivity index (χ0n) is 24.0. The van der Waals surface area contributed by atoms with Crippen molar-refractivity contribution < 1.29 is 33.4 Å². The van der Waals surface area contributed by atoms with Crippen LogP contribution in [0.3, 0.4) is 0 Å². The Labute approximate surface area is 238 Å². The molecule has 2 fully saturated rings. The van der Waals surface area contributed by atoms with Gasteiger partial charge in [-0.05, 0) is 60.9 Å². The third-order valence-electron chi connectivity index (χ3n) is 9.69. The fourth-order valence-corrected chi connectivity index (χ4v) is 7.33. The average molecular weight is 563 g/mol. The SMILES string of the molecule is COc1ccc(-c2nc(C(=O)O)ccc2F)c(C)c1[C@H]1C2=C(CC3(CC3)CC2=O)O[C@H]2C[C@@H](C(C)C)N(C)C(=O)[C@@H]21. The standard InChI is InChI=1S/C32H35FN2O6/c1-15(2)20-12-23-27(30(37)35(20)4)28(26-21(36)13-32(10-11-32)14-24(26)41-23)25-16(3)17(6-9-22(25)40-5)29-18(33)7-8-19(34-29)31(38)39/h6-9,15,20,23,27-28H,10-14H2,1-5H3,(H,38,39)/t20-,23-,27-,28-/m0/s1. The van der Waals surface area contributed by atoms with Crippen LogP contribution in [0.4, 0.5) is 4.39 Å². The Hall–Kier alpha value is -3.75. The second kappa shape index (κ2) is 9.67. The lowest BCUT2D eigenvalue weighted by Crippen LogP contribution is -2.58. The number of rotatable bonds is 5. The van der Waals surface area contributed by atoms with E-state index in [0.717, 1.165) is 25.0 Å². The zero-order valence-corrected chi connectivity index (χ0v) is 24.0. The summed E-state index contributed by atoms with van der Waals surface area (Å²) in [6.07, 6.45) is 3.26. The first-order valence-corrected chi connectivity index (χ1v) is 14.2. The zero-order chi connectivity index (χ0) is 29.4. The van der Waals surface area contributed by atoms with Gasteiger partial charge in [0, 0.05) is 55.0 Å². The van der Waals surface area contributed by atoms with Crippen LogP contribution < -0.4 is 4.74 Å². The van der Waals surface area contributed by atoms with Gasteiger partial charge in [0.1, 0.15) is 34.8 Å². The van der Waals surface area contributed by atoms with Gasteiger partial charge in [0.15, 0.2) is 5.78 Å². The number of pyridine rings is 1. The Bertz CT molecular complexity index is 1510. The van der Waals surface area contributed by atoms with E-state index in [-0.39, 0.29) is 40.5 Å². The summed E-state index contributed by atoms with van der Waals surface area (Å²) in [5.41, 5.74) is 1.65. The summed E-state index contributed by atoms with van der Waals surface area (Å²) in [6, 6.07) is 5.53. The molecule has 1 N–H and O–H groups in total. The summed E-state index contributed by atoms with van der Waals surface area (Å²) in [7, 11) is 3.34. The smallest absolute Gasteiger partial charge is 0.354 e. The van der Waals surface area contributed by atoms with E-state index in [1.54, 1.807) is 24.0 Å². The summed E-state index contributed by atoms with van der Waals surface area (Å²) in [4.78, 5) is 45.6. The molecule has 8 nitrogen and oxygen atoms in total. The molecule has 1 saturated carbocycles. The number of ether oxygens (including phenoxy) is 2. The lowest BCUT2D eigenvalue weighted by atomic mass is 9.65. The van der Waals surface area contributed by atoms with Crippen LogP contribution in [-0.2, 0) is 14.3 Å². The summed E-state index contributed by atoms with van der Waals surface area (Å²) in [5, 5.41) is 9.50. The fourth-order valence-electron chi connectivity index (χ4n) is 7.33. The van der Waals surface area contributed by atoms with Crippen LogP contribution in [0, 0.1) is 30.0 Å². The molecule has 4 aliphatic rings. The summed E-state index contributed by atoms with van der Waals surface area (Å²) >= 11 is 0. The van der Waals surface area contributed by atoms with Crippen LogP contribution in [0.1, 0.15) is 73.5 Å². The quantitative estimate of drug-likeness (QED) is 0.528. The Morgan fingerprint density at radius 2 is 1.93 bits per heavy atom. The average Bonchev–Trinajstić information content (AvgIpc) is 3.67. The molecule has 0 radical (unpaired) electrons. The third-order valence-corrected chi connectivity index (χ3v) is 9.69. The van der Waals surface area contributed by atoms with Gasteiger partial charge in [-0.15, -0.1) is 0 Å². The molecule has 216 valence electrons.